The molecule has 3 heterocycles. The zero-order valence-electron chi connectivity index (χ0n) is 15.5. The summed E-state index contributed by atoms with van der Waals surface area (Å²) in [4.78, 5) is 31.9. The molecule has 2 aliphatic heterocycles. The molecular weight excluding hydrogens is 344 g/mol. The Morgan fingerprint density at radius 3 is 2.85 bits per heavy atom. The second-order valence-corrected chi connectivity index (χ2v) is 9.78. The van der Waals surface area contributed by atoms with Crippen molar-refractivity contribution in [2.75, 3.05) is 26.2 Å². The van der Waals surface area contributed by atoms with Crippen LogP contribution in [0, 0.1) is 11.3 Å². The fraction of sp³-hybridized carbons (Fsp3) is 0.714. The summed E-state index contributed by atoms with van der Waals surface area (Å²) in [7, 11) is 0. The topological polar surface area (TPSA) is 40.6 Å². The maximum absolute atomic E-state index is 13.2. The van der Waals surface area contributed by atoms with Crippen LogP contribution >= 0.6 is 11.3 Å². The van der Waals surface area contributed by atoms with Crippen molar-refractivity contribution < 1.29 is 9.59 Å². The first kappa shape index (κ1) is 16.8. The Kier molecular flexibility index (Phi) is 4.11. The highest BCUT2D eigenvalue weighted by atomic mass is 32.1. The third-order valence-electron chi connectivity index (χ3n) is 6.93. The van der Waals surface area contributed by atoms with Gasteiger partial charge in [0.1, 0.15) is 0 Å². The first-order valence-electron chi connectivity index (χ1n) is 10.3. The highest BCUT2D eigenvalue weighted by molar-refractivity contribution is 7.10. The average molecular weight is 373 g/mol. The van der Waals surface area contributed by atoms with Crippen LogP contribution in [-0.2, 0) is 17.6 Å². The van der Waals surface area contributed by atoms with Crippen molar-refractivity contribution in [3.05, 3.63) is 21.4 Å². The van der Waals surface area contributed by atoms with Crippen LogP contribution in [0.15, 0.2) is 5.38 Å². The highest BCUT2D eigenvalue weighted by Gasteiger charge is 2.50. The number of rotatable bonds is 3. The number of carbonyl (C=O) groups excluding carboxylic acids is 2. The Bertz CT molecular complexity index is 738. The lowest BCUT2D eigenvalue weighted by Gasteiger charge is -2.39. The molecule has 1 aromatic heterocycles. The summed E-state index contributed by atoms with van der Waals surface area (Å²) in [5.74, 6) is 1.25. The molecule has 1 saturated carbocycles. The van der Waals surface area contributed by atoms with Gasteiger partial charge in [0.2, 0.25) is 5.91 Å². The fourth-order valence-electron chi connectivity index (χ4n) is 5.21. The number of fused-ring (bicyclic) bond motifs is 1. The molecule has 3 fully saturated rings. The van der Waals surface area contributed by atoms with E-state index in [1.54, 1.807) is 11.3 Å². The number of likely N-dealkylation sites (tertiary alicyclic amines) is 2. The third kappa shape index (κ3) is 2.79. The third-order valence-corrected chi connectivity index (χ3v) is 8.02. The van der Waals surface area contributed by atoms with Gasteiger partial charge in [0.05, 0.1) is 11.0 Å². The molecule has 0 N–H and O–H groups in total. The van der Waals surface area contributed by atoms with Gasteiger partial charge in [-0.1, -0.05) is 0 Å². The number of piperidine rings is 1. The van der Waals surface area contributed by atoms with Gasteiger partial charge in [-0.05, 0) is 69.3 Å². The molecule has 4 aliphatic rings. The summed E-state index contributed by atoms with van der Waals surface area (Å²) >= 11 is 1.76. The summed E-state index contributed by atoms with van der Waals surface area (Å²) in [5.41, 5.74) is 1.94. The molecule has 0 radical (unpaired) electrons. The molecule has 1 spiro atoms. The fourth-order valence-corrected chi connectivity index (χ4v) is 6.33. The van der Waals surface area contributed by atoms with Crippen molar-refractivity contribution in [3.8, 4) is 0 Å². The van der Waals surface area contributed by atoms with E-state index in [0.717, 1.165) is 63.2 Å². The normalized spacial score (nSPS) is 28.7. The summed E-state index contributed by atoms with van der Waals surface area (Å²) in [6.07, 6.45) is 10.1. The molecule has 1 aromatic rings. The average Bonchev–Trinajstić information content (AvgIpc) is 3.21. The number of thiophene rings is 1. The second-order valence-electron chi connectivity index (χ2n) is 8.81. The monoisotopic (exact) mass is 372 g/mol. The van der Waals surface area contributed by atoms with Crippen molar-refractivity contribution >= 4 is 23.2 Å². The van der Waals surface area contributed by atoms with Gasteiger partial charge < -0.3 is 9.80 Å². The molecule has 4 nitrogen and oxygen atoms in total. The smallest absolute Gasteiger partial charge is 0.255 e. The molecule has 1 unspecified atom stereocenters. The number of hydrogen-bond acceptors (Lipinski definition) is 3. The van der Waals surface area contributed by atoms with Crippen LogP contribution in [0.2, 0.25) is 0 Å². The van der Waals surface area contributed by atoms with Gasteiger partial charge in [-0.2, -0.15) is 0 Å². The molecule has 26 heavy (non-hydrogen) atoms. The lowest BCUT2D eigenvalue weighted by Crippen LogP contribution is -2.51. The minimum atomic E-state index is -0.293. The Hall–Kier alpha value is -1.36. The Morgan fingerprint density at radius 2 is 2.00 bits per heavy atom. The quantitative estimate of drug-likeness (QED) is 0.815. The van der Waals surface area contributed by atoms with Gasteiger partial charge in [0, 0.05) is 36.4 Å². The van der Waals surface area contributed by atoms with E-state index in [9.17, 15) is 9.59 Å². The van der Waals surface area contributed by atoms with Crippen molar-refractivity contribution in [1.82, 2.24) is 9.80 Å². The predicted octanol–water partition coefficient (Wildman–Crippen LogP) is 3.49. The molecular formula is C21H28N2O2S. The second kappa shape index (κ2) is 6.36. The standard InChI is InChI=1S/C21H28N2O2S/c24-19(17-13-26-18-5-2-1-4-16(17)18)23-11-9-21(14-23)8-3-10-22(20(21)25)12-15-6-7-15/h13,15H,1-12,14H2. The van der Waals surface area contributed by atoms with E-state index < -0.39 is 0 Å². The maximum Gasteiger partial charge on any atom is 0.255 e. The van der Waals surface area contributed by atoms with Crippen molar-refractivity contribution in [2.45, 2.75) is 57.8 Å². The van der Waals surface area contributed by atoms with Gasteiger partial charge in [-0.15, -0.1) is 11.3 Å². The lowest BCUT2D eigenvalue weighted by molar-refractivity contribution is -0.145. The van der Waals surface area contributed by atoms with Gasteiger partial charge in [-0.25, -0.2) is 0 Å². The van der Waals surface area contributed by atoms with E-state index >= 15 is 0 Å². The molecule has 1 atom stereocenters. The van der Waals surface area contributed by atoms with E-state index in [-0.39, 0.29) is 11.3 Å². The number of hydrogen-bond donors (Lipinski definition) is 0. The number of nitrogens with zero attached hydrogens (tertiary/aromatic N) is 2. The largest absolute Gasteiger partial charge is 0.342 e. The van der Waals surface area contributed by atoms with E-state index in [0.29, 0.717) is 12.5 Å². The molecule has 2 amide bonds. The molecule has 0 aromatic carbocycles. The van der Waals surface area contributed by atoms with Crippen LogP contribution in [0.3, 0.4) is 0 Å². The summed E-state index contributed by atoms with van der Waals surface area (Å²) in [5, 5.41) is 2.07. The number of aryl methyl sites for hydroxylation is 1. The van der Waals surface area contributed by atoms with Gasteiger partial charge >= 0.3 is 0 Å². The predicted molar refractivity (Wildman–Crippen MR) is 102 cm³/mol. The van der Waals surface area contributed by atoms with Crippen LogP contribution < -0.4 is 0 Å². The Balaban J connectivity index is 1.32. The van der Waals surface area contributed by atoms with Gasteiger partial charge in [0.25, 0.3) is 5.91 Å². The minimum Gasteiger partial charge on any atom is -0.342 e. The van der Waals surface area contributed by atoms with Crippen LogP contribution in [0.5, 0.6) is 0 Å². The van der Waals surface area contributed by atoms with Crippen LogP contribution in [0.1, 0.15) is 65.7 Å². The molecule has 2 aliphatic carbocycles. The van der Waals surface area contributed by atoms with E-state index in [1.165, 1.54) is 36.1 Å². The molecule has 2 saturated heterocycles. The van der Waals surface area contributed by atoms with Crippen molar-refractivity contribution in [3.63, 3.8) is 0 Å². The Morgan fingerprint density at radius 1 is 1.15 bits per heavy atom. The summed E-state index contributed by atoms with van der Waals surface area (Å²) in [6, 6.07) is 0. The highest BCUT2D eigenvalue weighted by Crippen LogP contribution is 2.42. The van der Waals surface area contributed by atoms with E-state index in [4.69, 9.17) is 0 Å². The maximum atomic E-state index is 13.2. The number of carbonyl (C=O) groups is 2. The molecule has 5 rings (SSSR count). The summed E-state index contributed by atoms with van der Waals surface area (Å²) in [6.45, 7) is 3.25. The van der Waals surface area contributed by atoms with Crippen LogP contribution in [0.25, 0.3) is 0 Å². The minimum absolute atomic E-state index is 0.174. The van der Waals surface area contributed by atoms with E-state index in [1.807, 2.05) is 4.90 Å². The number of amides is 2. The van der Waals surface area contributed by atoms with Gasteiger partial charge in [-0.3, -0.25) is 9.59 Å². The molecule has 5 heteroatoms. The first-order valence-corrected chi connectivity index (χ1v) is 11.2. The van der Waals surface area contributed by atoms with Gasteiger partial charge in [0.15, 0.2) is 0 Å². The van der Waals surface area contributed by atoms with Crippen molar-refractivity contribution in [1.29, 1.82) is 0 Å². The lowest BCUT2D eigenvalue weighted by atomic mass is 9.78. The van der Waals surface area contributed by atoms with Crippen molar-refractivity contribution in [2.24, 2.45) is 11.3 Å². The Labute approximate surface area is 159 Å². The first-order chi connectivity index (χ1) is 12.7. The van der Waals surface area contributed by atoms with E-state index in [2.05, 4.69) is 10.3 Å². The van der Waals surface area contributed by atoms with Crippen LogP contribution in [-0.4, -0.2) is 47.8 Å². The molecule has 140 valence electrons. The zero-order valence-corrected chi connectivity index (χ0v) is 16.3. The summed E-state index contributed by atoms with van der Waals surface area (Å²) < 4.78 is 0. The van der Waals surface area contributed by atoms with Crippen LogP contribution in [0.4, 0.5) is 0 Å². The SMILES string of the molecule is O=C(c1csc2c1CCCC2)N1CCC2(CCCN(CC3CC3)C2=O)C1. The zero-order chi connectivity index (χ0) is 17.7. The molecule has 0 bridgehead atoms.